The minimum Gasteiger partial charge on any atom is -0.457 e. The van der Waals surface area contributed by atoms with Gasteiger partial charge in [-0.25, -0.2) is 4.79 Å². The Balaban J connectivity index is 2.09. The fourth-order valence-electron chi connectivity index (χ4n) is 1.97. The van der Waals surface area contributed by atoms with Gasteiger partial charge in [0.1, 0.15) is 6.61 Å². The molecule has 0 fully saturated rings. The van der Waals surface area contributed by atoms with Gasteiger partial charge in [0, 0.05) is 5.69 Å². The summed E-state index contributed by atoms with van der Waals surface area (Å²) in [6.45, 7) is 6.04. The largest absolute Gasteiger partial charge is 0.457 e. The van der Waals surface area contributed by atoms with Gasteiger partial charge in [0.2, 0.25) is 0 Å². The van der Waals surface area contributed by atoms with Crippen LogP contribution < -0.4 is 5.73 Å². The molecule has 2 aromatic carbocycles. The van der Waals surface area contributed by atoms with Crippen LogP contribution in [0.5, 0.6) is 0 Å². The monoisotopic (exact) mass is 269 g/mol. The van der Waals surface area contributed by atoms with Gasteiger partial charge in [0.05, 0.1) is 5.56 Å². The van der Waals surface area contributed by atoms with Crippen LogP contribution in [-0.2, 0) is 11.3 Å². The highest BCUT2D eigenvalue weighted by Crippen LogP contribution is 2.19. The highest BCUT2D eigenvalue weighted by Gasteiger charge is 2.12. The third-order valence-corrected chi connectivity index (χ3v) is 3.32. The van der Waals surface area contributed by atoms with Crippen molar-refractivity contribution in [3.8, 4) is 0 Å². The summed E-state index contributed by atoms with van der Waals surface area (Å²) in [6.07, 6.45) is 0. The van der Waals surface area contributed by atoms with Gasteiger partial charge in [-0.1, -0.05) is 29.8 Å². The maximum Gasteiger partial charge on any atom is 0.338 e. The van der Waals surface area contributed by atoms with Gasteiger partial charge >= 0.3 is 5.97 Å². The van der Waals surface area contributed by atoms with Gasteiger partial charge in [-0.15, -0.1) is 0 Å². The quantitative estimate of drug-likeness (QED) is 0.684. The topological polar surface area (TPSA) is 52.3 Å². The molecule has 104 valence electrons. The minimum atomic E-state index is -0.314. The average molecular weight is 269 g/mol. The number of benzene rings is 2. The van der Waals surface area contributed by atoms with E-state index in [1.807, 2.05) is 45.0 Å². The van der Waals surface area contributed by atoms with Crippen LogP contribution in [0.2, 0.25) is 0 Å². The number of esters is 1. The van der Waals surface area contributed by atoms with E-state index in [1.54, 1.807) is 12.1 Å². The molecule has 2 rings (SSSR count). The first-order chi connectivity index (χ1) is 9.47. The zero-order valence-electron chi connectivity index (χ0n) is 12.1. The molecule has 0 atom stereocenters. The average Bonchev–Trinajstić information content (AvgIpc) is 2.42. The molecule has 2 N–H and O–H groups in total. The Morgan fingerprint density at radius 1 is 1.05 bits per heavy atom. The Morgan fingerprint density at radius 2 is 1.70 bits per heavy atom. The summed E-state index contributed by atoms with van der Waals surface area (Å²) >= 11 is 0. The molecule has 0 saturated heterocycles. The van der Waals surface area contributed by atoms with Crippen molar-refractivity contribution in [2.24, 2.45) is 0 Å². The number of rotatable bonds is 3. The number of aryl methyl sites for hydroxylation is 3. The van der Waals surface area contributed by atoms with E-state index >= 15 is 0 Å². The fourth-order valence-corrected chi connectivity index (χ4v) is 1.97. The van der Waals surface area contributed by atoms with Crippen molar-refractivity contribution < 1.29 is 9.53 Å². The Labute approximate surface area is 119 Å². The smallest absolute Gasteiger partial charge is 0.338 e. The molecule has 0 aromatic heterocycles. The molecule has 0 unspecified atom stereocenters. The van der Waals surface area contributed by atoms with E-state index in [0.29, 0.717) is 11.3 Å². The third-order valence-electron chi connectivity index (χ3n) is 3.32. The molecule has 0 aliphatic rings. The predicted octanol–water partition coefficient (Wildman–Crippen LogP) is 3.55. The number of carbonyl (C=O) groups is 1. The lowest BCUT2D eigenvalue weighted by molar-refractivity contribution is 0.0472. The van der Waals surface area contributed by atoms with Crippen LogP contribution in [0.1, 0.15) is 32.6 Å². The van der Waals surface area contributed by atoms with Crippen molar-refractivity contribution in [1.29, 1.82) is 0 Å². The van der Waals surface area contributed by atoms with Crippen LogP contribution in [0.25, 0.3) is 0 Å². The number of anilines is 1. The summed E-state index contributed by atoms with van der Waals surface area (Å²) in [7, 11) is 0. The molecule has 0 amide bonds. The van der Waals surface area contributed by atoms with Crippen molar-refractivity contribution >= 4 is 11.7 Å². The highest BCUT2D eigenvalue weighted by molar-refractivity contribution is 5.92. The van der Waals surface area contributed by atoms with Crippen molar-refractivity contribution in [3.05, 3.63) is 64.2 Å². The molecular weight excluding hydrogens is 250 g/mol. The van der Waals surface area contributed by atoms with E-state index in [-0.39, 0.29) is 12.6 Å². The molecule has 3 heteroatoms. The first kappa shape index (κ1) is 14.1. The molecule has 0 aliphatic carbocycles. The summed E-state index contributed by atoms with van der Waals surface area (Å²) in [5.41, 5.74) is 11.0. The zero-order chi connectivity index (χ0) is 14.7. The Hall–Kier alpha value is -2.29. The van der Waals surface area contributed by atoms with E-state index in [2.05, 4.69) is 0 Å². The van der Waals surface area contributed by atoms with Gasteiger partial charge in [-0.05, 0) is 49.6 Å². The second-order valence-corrected chi connectivity index (χ2v) is 5.09. The standard InChI is InChI=1S/C17H19NO2/c1-11-4-6-14(7-5-11)10-20-17(19)15-8-13(3)16(18)9-12(15)2/h4-9H,10,18H2,1-3H3. The SMILES string of the molecule is Cc1ccc(COC(=O)c2cc(C)c(N)cc2C)cc1. The number of carbonyl (C=O) groups excluding carboxylic acids is 1. The first-order valence-corrected chi connectivity index (χ1v) is 6.57. The van der Waals surface area contributed by atoms with Crippen LogP contribution in [0.15, 0.2) is 36.4 Å². The Morgan fingerprint density at radius 3 is 2.35 bits per heavy atom. The fraction of sp³-hybridized carbons (Fsp3) is 0.235. The lowest BCUT2D eigenvalue weighted by Crippen LogP contribution is -2.08. The van der Waals surface area contributed by atoms with Gasteiger partial charge in [-0.2, -0.15) is 0 Å². The van der Waals surface area contributed by atoms with Crippen LogP contribution in [0, 0.1) is 20.8 Å². The van der Waals surface area contributed by atoms with Crippen molar-refractivity contribution in [1.82, 2.24) is 0 Å². The summed E-state index contributed by atoms with van der Waals surface area (Å²) in [6, 6.07) is 11.5. The number of nitrogen functional groups attached to an aromatic ring is 1. The molecule has 0 spiro atoms. The number of hydrogen-bond donors (Lipinski definition) is 1. The van der Waals surface area contributed by atoms with E-state index in [4.69, 9.17) is 10.5 Å². The highest BCUT2D eigenvalue weighted by atomic mass is 16.5. The van der Waals surface area contributed by atoms with E-state index in [0.717, 1.165) is 16.7 Å². The Kier molecular flexibility index (Phi) is 4.08. The maximum atomic E-state index is 12.1. The second-order valence-electron chi connectivity index (χ2n) is 5.09. The van der Waals surface area contributed by atoms with Gasteiger partial charge in [0.25, 0.3) is 0 Å². The van der Waals surface area contributed by atoms with Crippen LogP contribution in [0.4, 0.5) is 5.69 Å². The summed E-state index contributed by atoms with van der Waals surface area (Å²) < 4.78 is 5.35. The molecule has 20 heavy (non-hydrogen) atoms. The molecular formula is C17H19NO2. The van der Waals surface area contributed by atoms with Crippen molar-refractivity contribution in [2.45, 2.75) is 27.4 Å². The van der Waals surface area contributed by atoms with Crippen molar-refractivity contribution in [3.63, 3.8) is 0 Å². The molecule has 0 aliphatic heterocycles. The molecule has 3 nitrogen and oxygen atoms in total. The van der Waals surface area contributed by atoms with Crippen LogP contribution in [-0.4, -0.2) is 5.97 Å². The van der Waals surface area contributed by atoms with Gasteiger partial charge in [0.15, 0.2) is 0 Å². The second kappa shape index (κ2) is 5.78. The zero-order valence-corrected chi connectivity index (χ0v) is 12.1. The summed E-state index contributed by atoms with van der Waals surface area (Å²) in [5.74, 6) is -0.314. The molecule has 0 saturated carbocycles. The van der Waals surface area contributed by atoms with Crippen LogP contribution >= 0.6 is 0 Å². The summed E-state index contributed by atoms with van der Waals surface area (Å²) in [5, 5.41) is 0. The van der Waals surface area contributed by atoms with E-state index < -0.39 is 0 Å². The Bertz CT molecular complexity index is 630. The van der Waals surface area contributed by atoms with Crippen LogP contribution in [0.3, 0.4) is 0 Å². The van der Waals surface area contributed by atoms with E-state index in [9.17, 15) is 4.79 Å². The minimum absolute atomic E-state index is 0.280. The first-order valence-electron chi connectivity index (χ1n) is 6.57. The maximum absolute atomic E-state index is 12.1. The lowest BCUT2D eigenvalue weighted by Gasteiger charge is -2.10. The number of ether oxygens (including phenoxy) is 1. The van der Waals surface area contributed by atoms with Gasteiger partial charge in [-0.3, -0.25) is 0 Å². The third kappa shape index (κ3) is 3.18. The summed E-state index contributed by atoms with van der Waals surface area (Å²) in [4.78, 5) is 12.1. The normalized spacial score (nSPS) is 10.3. The molecule has 0 heterocycles. The lowest BCUT2D eigenvalue weighted by atomic mass is 10.0. The molecule has 0 radical (unpaired) electrons. The number of hydrogen-bond acceptors (Lipinski definition) is 3. The van der Waals surface area contributed by atoms with Gasteiger partial charge < -0.3 is 10.5 Å². The number of nitrogens with two attached hydrogens (primary N) is 1. The predicted molar refractivity (Wildman–Crippen MR) is 80.6 cm³/mol. The molecule has 0 bridgehead atoms. The molecule has 2 aromatic rings. The van der Waals surface area contributed by atoms with E-state index in [1.165, 1.54) is 5.56 Å². The van der Waals surface area contributed by atoms with Crippen molar-refractivity contribution in [2.75, 3.05) is 5.73 Å².